The van der Waals surface area contributed by atoms with E-state index in [-0.39, 0.29) is 29.4 Å². The third kappa shape index (κ3) is 4.56. The van der Waals surface area contributed by atoms with E-state index in [1.54, 1.807) is 31.3 Å². The molecule has 1 N–H and O–H groups in total. The van der Waals surface area contributed by atoms with E-state index in [1.165, 1.54) is 4.90 Å². The molecule has 0 aliphatic carbocycles. The second kappa shape index (κ2) is 7.79. The molecular formula is C17H24N2O4S. The number of amides is 2. The molecule has 1 heterocycles. The van der Waals surface area contributed by atoms with Crippen molar-refractivity contribution in [2.24, 2.45) is 0 Å². The van der Waals surface area contributed by atoms with Crippen LogP contribution in [0.25, 0.3) is 0 Å². The van der Waals surface area contributed by atoms with Gasteiger partial charge in [0.15, 0.2) is 9.84 Å². The highest BCUT2D eigenvalue weighted by Crippen LogP contribution is 2.19. The number of hydrogen-bond acceptors (Lipinski definition) is 4. The van der Waals surface area contributed by atoms with E-state index in [4.69, 9.17) is 0 Å². The Labute approximate surface area is 143 Å². The zero-order valence-electron chi connectivity index (χ0n) is 14.1. The molecule has 0 radical (unpaired) electrons. The first-order valence-electron chi connectivity index (χ1n) is 8.20. The highest BCUT2D eigenvalue weighted by atomic mass is 32.2. The Morgan fingerprint density at radius 1 is 1.29 bits per heavy atom. The number of nitrogens with one attached hydrogen (secondary N) is 1. The van der Waals surface area contributed by atoms with E-state index in [0.29, 0.717) is 24.1 Å². The molecule has 1 aromatic rings. The van der Waals surface area contributed by atoms with Crippen LogP contribution in [-0.4, -0.2) is 56.3 Å². The van der Waals surface area contributed by atoms with Crippen LogP contribution in [0, 0.1) is 0 Å². The zero-order valence-corrected chi connectivity index (χ0v) is 14.9. The number of nitrogens with zero attached hydrogens (tertiary/aromatic N) is 1. The molecule has 1 atom stereocenters. The summed E-state index contributed by atoms with van der Waals surface area (Å²) in [6, 6.07) is 6.23. The highest BCUT2D eigenvalue weighted by Gasteiger charge is 2.33. The molecular weight excluding hydrogens is 328 g/mol. The fourth-order valence-corrected chi connectivity index (χ4v) is 4.50. The minimum Gasteiger partial charge on any atom is -0.352 e. The van der Waals surface area contributed by atoms with Crippen molar-refractivity contribution in [2.75, 3.05) is 25.1 Å². The number of sulfone groups is 1. The summed E-state index contributed by atoms with van der Waals surface area (Å²) in [5.41, 5.74) is 0.828. The second-order valence-electron chi connectivity index (χ2n) is 6.16. The summed E-state index contributed by atoms with van der Waals surface area (Å²) in [7, 11) is -1.44. The van der Waals surface area contributed by atoms with Gasteiger partial charge in [-0.15, -0.1) is 0 Å². The third-order valence-corrected chi connectivity index (χ3v) is 6.01. The normalized spacial score (nSPS) is 19.0. The van der Waals surface area contributed by atoms with Gasteiger partial charge in [0, 0.05) is 30.8 Å². The van der Waals surface area contributed by atoms with Crippen molar-refractivity contribution in [3.63, 3.8) is 0 Å². The molecule has 0 spiro atoms. The van der Waals surface area contributed by atoms with E-state index < -0.39 is 9.84 Å². The van der Waals surface area contributed by atoms with E-state index in [1.807, 2.05) is 6.92 Å². The molecule has 24 heavy (non-hydrogen) atoms. The molecule has 1 aliphatic heterocycles. The smallest absolute Gasteiger partial charge is 0.253 e. The van der Waals surface area contributed by atoms with Crippen molar-refractivity contribution in [3.05, 3.63) is 35.4 Å². The maximum atomic E-state index is 12.6. The topological polar surface area (TPSA) is 83.6 Å². The Morgan fingerprint density at radius 3 is 2.62 bits per heavy atom. The van der Waals surface area contributed by atoms with Crippen LogP contribution in [0.4, 0.5) is 0 Å². The summed E-state index contributed by atoms with van der Waals surface area (Å²) in [5.74, 6) is -0.341. The largest absolute Gasteiger partial charge is 0.352 e. The fraction of sp³-hybridized carbons (Fsp3) is 0.529. The van der Waals surface area contributed by atoms with Gasteiger partial charge < -0.3 is 10.2 Å². The average molecular weight is 352 g/mol. The van der Waals surface area contributed by atoms with Crippen molar-refractivity contribution in [3.8, 4) is 0 Å². The van der Waals surface area contributed by atoms with Gasteiger partial charge in [0.05, 0.1) is 11.5 Å². The van der Waals surface area contributed by atoms with Gasteiger partial charge in [0.1, 0.15) is 0 Å². The Balaban J connectivity index is 2.07. The third-order valence-electron chi connectivity index (χ3n) is 4.26. The van der Waals surface area contributed by atoms with Crippen LogP contribution in [0.5, 0.6) is 0 Å². The first kappa shape index (κ1) is 18.4. The SMILES string of the molecule is CCCCNC(=O)c1cccc(C(=O)N(C)C2CCS(=O)(=O)C2)c1. The number of rotatable bonds is 6. The molecule has 1 aliphatic rings. The summed E-state index contributed by atoms with van der Waals surface area (Å²) in [4.78, 5) is 26.1. The van der Waals surface area contributed by atoms with Crippen LogP contribution < -0.4 is 5.32 Å². The van der Waals surface area contributed by atoms with E-state index in [2.05, 4.69) is 5.32 Å². The number of unbranched alkanes of at least 4 members (excludes halogenated alkanes) is 1. The molecule has 0 aromatic heterocycles. The first-order chi connectivity index (χ1) is 11.3. The van der Waals surface area contributed by atoms with Crippen molar-refractivity contribution < 1.29 is 18.0 Å². The summed E-state index contributed by atoms with van der Waals surface area (Å²) in [6.07, 6.45) is 2.36. The lowest BCUT2D eigenvalue weighted by Crippen LogP contribution is -2.38. The Bertz CT molecular complexity index is 715. The monoisotopic (exact) mass is 352 g/mol. The zero-order chi connectivity index (χ0) is 17.7. The molecule has 0 saturated carbocycles. The van der Waals surface area contributed by atoms with Gasteiger partial charge >= 0.3 is 0 Å². The molecule has 2 rings (SSSR count). The van der Waals surface area contributed by atoms with Gasteiger partial charge in [0.2, 0.25) is 0 Å². The van der Waals surface area contributed by atoms with Crippen molar-refractivity contribution in [1.82, 2.24) is 10.2 Å². The van der Waals surface area contributed by atoms with Crippen LogP contribution in [0.3, 0.4) is 0 Å². The van der Waals surface area contributed by atoms with Crippen molar-refractivity contribution >= 4 is 21.7 Å². The molecule has 2 amide bonds. The Kier molecular flexibility index (Phi) is 5.99. The highest BCUT2D eigenvalue weighted by molar-refractivity contribution is 7.91. The predicted octanol–water partition coefficient (Wildman–Crippen LogP) is 1.48. The lowest BCUT2D eigenvalue weighted by molar-refractivity contribution is 0.0747. The van der Waals surface area contributed by atoms with Gasteiger partial charge in [-0.25, -0.2) is 8.42 Å². The van der Waals surface area contributed by atoms with Crippen molar-refractivity contribution in [2.45, 2.75) is 32.2 Å². The summed E-state index contributed by atoms with van der Waals surface area (Å²) >= 11 is 0. The molecule has 0 bridgehead atoms. The Hall–Kier alpha value is -1.89. The molecule has 1 unspecified atom stereocenters. The first-order valence-corrected chi connectivity index (χ1v) is 10.0. The fourth-order valence-electron chi connectivity index (χ4n) is 2.72. The van der Waals surface area contributed by atoms with Gasteiger partial charge in [-0.2, -0.15) is 0 Å². The lowest BCUT2D eigenvalue weighted by Gasteiger charge is -2.23. The molecule has 7 heteroatoms. The summed E-state index contributed by atoms with van der Waals surface area (Å²) < 4.78 is 23.2. The predicted molar refractivity (Wildman–Crippen MR) is 92.8 cm³/mol. The van der Waals surface area contributed by atoms with E-state index in [9.17, 15) is 18.0 Å². The standard InChI is InChI=1S/C17H24N2O4S/c1-3-4-9-18-16(20)13-6-5-7-14(11-13)17(21)19(2)15-8-10-24(22,23)12-15/h5-7,11,15H,3-4,8-10,12H2,1-2H3,(H,18,20). The maximum absolute atomic E-state index is 12.6. The van der Waals surface area contributed by atoms with E-state index >= 15 is 0 Å². The molecule has 1 saturated heterocycles. The van der Waals surface area contributed by atoms with Gasteiger partial charge in [-0.1, -0.05) is 19.4 Å². The van der Waals surface area contributed by atoms with Crippen LogP contribution in [0.2, 0.25) is 0 Å². The summed E-state index contributed by atoms with van der Waals surface area (Å²) in [5, 5.41) is 2.82. The summed E-state index contributed by atoms with van der Waals surface area (Å²) in [6.45, 7) is 2.65. The Morgan fingerprint density at radius 2 is 2.00 bits per heavy atom. The minimum atomic E-state index is -3.05. The van der Waals surface area contributed by atoms with Gasteiger partial charge in [-0.05, 0) is 31.0 Å². The van der Waals surface area contributed by atoms with Crippen LogP contribution in [0.15, 0.2) is 24.3 Å². The number of carbonyl (C=O) groups is 2. The molecule has 6 nitrogen and oxygen atoms in total. The maximum Gasteiger partial charge on any atom is 0.253 e. The van der Waals surface area contributed by atoms with Gasteiger partial charge in [0.25, 0.3) is 11.8 Å². The quantitative estimate of drug-likeness (QED) is 0.786. The minimum absolute atomic E-state index is 0.00638. The van der Waals surface area contributed by atoms with Crippen LogP contribution >= 0.6 is 0 Å². The lowest BCUT2D eigenvalue weighted by atomic mass is 10.1. The molecule has 132 valence electrons. The second-order valence-corrected chi connectivity index (χ2v) is 8.39. The van der Waals surface area contributed by atoms with Gasteiger partial charge in [-0.3, -0.25) is 9.59 Å². The number of hydrogen-bond donors (Lipinski definition) is 1. The molecule has 1 fully saturated rings. The van der Waals surface area contributed by atoms with Crippen molar-refractivity contribution in [1.29, 1.82) is 0 Å². The molecule has 1 aromatic carbocycles. The number of benzene rings is 1. The number of carbonyl (C=O) groups excluding carboxylic acids is 2. The average Bonchev–Trinajstić information content (AvgIpc) is 2.93. The van der Waals surface area contributed by atoms with Crippen LogP contribution in [0.1, 0.15) is 46.9 Å². The van der Waals surface area contributed by atoms with Crippen LogP contribution in [-0.2, 0) is 9.84 Å². The van der Waals surface area contributed by atoms with E-state index in [0.717, 1.165) is 12.8 Å².